The van der Waals surface area contributed by atoms with Crippen molar-refractivity contribution in [1.29, 1.82) is 0 Å². The van der Waals surface area contributed by atoms with E-state index in [1.54, 1.807) is 0 Å². The highest BCUT2D eigenvalue weighted by molar-refractivity contribution is 5.16. The summed E-state index contributed by atoms with van der Waals surface area (Å²) in [5.74, 6) is 1.73. The van der Waals surface area contributed by atoms with E-state index in [-0.39, 0.29) is 0 Å². The molecule has 0 spiro atoms. The van der Waals surface area contributed by atoms with Gasteiger partial charge in [-0.25, -0.2) is 0 Å². The topological polar surface area (TPSA) is 12.9 Å². The second kappa shape index (κ2) is 8.44. The van der Waals surface area contributed by atoms with E-state index in [9.17, 15) is 0 Å². The zero-order valence-electron chi connectivity index (χ0n) is 13.4. The second-order valence-corrected chi connectivity index (χ2v) is 6.68. The molecule has 112 valence electrons. The van der Waals surface area contributed by atoms with Crippen molar-refractivity contribution in [2.75, 3.05) is 0 Å². The zero-order valence-corrected chi connectivity index (χ0v) is 13.4. The van der Waals surface area contributed by atoms with Gasteiger partial charge < -0.3 is 0 Å². The molecule has 0 N–H and O–H groups in total. The molecule has 1 aromatic heterocycles. The van der Waals surface area contributed by atoms with Gasteiger partial charge in [0.25, 0.3) is 0 Å². The maximum atomic E-state index is 4.62. The monoisotopic (exact) mass is 273 g/mol. The molecule has 0 amide bonds. The summed E-state index contributed by atoms with van der Waals surface area (Å²) in [6, 6.07) is 4.45. The molecule has 1 saturated carbocycles. The van der Waals surface area contributed by atoms with E-state index in [0.29, 0.717) is 0 Å². The number of rotatable bonds is 7. The molecule has 0 bridgehead atoms. The SMILES string of the molecule is CCCCCCC[C@H]1CC[C@H](c2ccc(C)cn2)CC1. The molecule has 1 heterocycles. The minimum atomic E-state index is 0.729. The van der Waals surface area contributed by atoms with E-state index in [2.05, 4.69) is 31.0 Å². The van der Waals surface area contributed by atoms with Crippen LogP contribution in [0.4, 0.5) is 0 Å². The van der Waals surface area contributed by atoms with Crippen LogP contribution in [-0.2, 0) is 0 Å². The molecule has 2 rings (SSSR count). The van der Waals surface area contributed by atoms with Gasteiger partial charge in [-0.15, -0.1) is 0 Å². The summed E-state index contributed by atoms with van der Waals surface area (Å²) in [5, 5.41) is 0. The fourth-order valence-electron chi connectivity index (χ4n) is 3.50. The zero-order chi connectivity index (χ0) is 14.2. The smallest absolute Gasteiger partial charge is 0.0434 e. The molecule has 0 aromatic carbocycles. The lowest BCUT2D eigenvalue weighted by molar-refractivity contribution is 0.299. The summed E-state index contributed by atoms with van der Waals surface area (Å²) in [5.41, 5.74) is 2.60. The maximum Gasteiger partial charge on any atom is 0.0434 e. The van der Waals surface area contributed by atoms with Gasteiger partial charge >= 0.3 is 0 Å². The molecule has 1 aliphatic rings. The third kappa shape index (κ3) is 4.92. The van der Waals surface area contributed by atoms with Crippen LogP contribution in [0.3, 0.4) is 0 Å². The number of hydrogen-bond acceptors (Lipinski definition) is 1. The first kappa shape index (κ1) is 15.5. The molecule has 0 saturated heterocycles. The first-order valence-electron chi connectivity index (χ1n) is 8.72. The normalized spacial score (nSPS) is 22.9. The van der Waals surface area contributed by atoms with Gasteiger partial charge in [-0.2, -0.15) is 0 Å². The molecule has 1 fully saturated rings. The fraction of sp³-hybridized carbons (Fsp3) is 0.737. The van der Waals surface area contributed by atoms with Gasteiger partial charge in [0.05, 0.1) is 0 Å². The van der Waals surface area contributed by atoms with Crippen molar-refractivity contribution in [2.45, 2.75) is 84.0 Å². The lowest BCUT2D eigenvalue weighted by Gasteiger charge is -2.28. The molecular formula is C19H31N. The Labute approximate surface area is 125 Å². The summed E-state index contributed by atoms with van der Waals surface area (Å²) < 4.78 is 0. The van der Waals surface area contributed by atoms with Gasteiger partial charge in [-0.1, -0.05) is 51.5 Å². The van der Waals surface area contributed by atoms with Crippen molar-refractivity contribution < 1.29 is 0 Å². The summed E-state index contributed by atoms with van der Waals surface area (Å²) in [6.07, 6.45) is 16.2. The summed E-state index contributed by atoms with van der Waals surface area (Å²) in [6.45, 7) is 4.41. The third-order valence-electron chi connectivity index (χ3n) is 4.92. The van der Waals surface area contributed by atoms with Crippen molar-refractivity contribution in [3.8, 4) is 0 Å². The highest BCUT2D eigenvalue weighted by Gasteiger charge is 2.22. The number of aromatic nitrogens is 1. The van der Waals surface area contributed by atoms with Gasteiger partial charge in [-0.3, -0.25) is 4.98 Å². The number of hydrogen-bond donors (Lipinski definition) is 0. The van der Waals surface area contributed by atoms with E-state index in [4.69, 9.17) is 0 Å². The van der Waals surface area contributed by atoms with Gasteiger partial charge in [0.1, 0.15) is 0 Å². The Balaban J connectivity index is 1.66. The lowest BCUT2D eigenvalue weighted by Crippen LogP contribution is -2.14. The Morgan fingerprint density at radius 2 is 1.75 bits per heavy atom. The predicted molar refractivity (Wildman–Crippen MR) is 87.0 cm³/mol. The molecule has 0 aliphatic heterocycles. The molecule has 0 radical (unpaired) electrons. The molecule has 1 heteroatoms. The van der Waals surface area contributed by atoms with Crippen molar-refractivity contribution in [2.24, 2.45) is 5.92 Å². The quantitative estimate of drug-likeness (QED) is 0.553. The molecule has 1 aromatic rings. The van der Waals surface area contributed by atoms with Gasteiger partial charge in [-0.05, 0) is 50.2 Å². The Bertz CT molecular complexity index is 360. The molecular weight excluding hydrogens is 242 g/mol. The van der Waals surface area contributed by atoms with Crippen LogP contribution in [0.5, 0.6) is 0 Å². The largest absolute Gasteiger partial charge is 0.261 e. The van der Waals surface area contributed by atoms with Crippen molar-refractivity contribution in [3.05, 3.63) is 29.6 Å². The molecule has 20 heavy (non-hydrogen) atoms. The van der Waals surface area contributed by atoms with Gasteiger partial charge in [0, 0.05) is 17.8 Å². The second-order valence-electron chi connectivity index (χ2n) is 6.68. The number of nitrogens with zero attached hydrogens (tertiary/aromatic N) is 1. The Hall–Kier alpha value is -0.850. The lowest BCUT2D eigenvalue weighted by atomic mass is 9.78. The number of aryl methyl sites for hydroxylation is 1. The van der Waals surface area contributed by atoms with Crippen LogP contribution in [-0.4, -0.2) is 4.98 Å². The van der Waals surface area contributed by atoms with Crippen LogP contribution in [0.1, 0.15) is 88.3 Å². The average molecular weight is 273 g/mol. The summed E-state index contributed by atoms with van der Waals surface area (Å²) in [4.78, 5) is 4.62. The first-order chi connectivity index (χ1) is 9.79. The highest BCUT2D eigenvalue weighted by Crippen LogP contribution is 2.37. The molecule has 1 nitrogen and oxygen atoms in total. The highest BCUT2D eigenvalue weighted by atomic mass is 14.7. The van der Waals surface area contributed by atoms with Crippen LogP contribution < -0.4 is 0 Å². The van der Waals surface area contributed by atoms with Crippen molar-refractivity contribution in [1.82, 2.24) is 4.98 Å². The summed E-state index contributed by atoms with van der Waals surface area (Å²) >= 11 is 0. The van der Waals surface area contributed by atoms with Crippen LogP contribution in [0.15, 0.2) is 18.3 Å². The van der Waals surface area contributed by atoms with E-state index in [1.165, 1.54) is 75.5 Å². The van der Waals surface area contributed by atoms with Crippen molar-refractivity contribution in [3.63, 3.8) is 0 Å². The van der Waals surface area contributed by atoms with Crippen LogP contribution >= 0.6 is 0 Å². The minimum absolute atomic E-state index is 0.729. The average Bonchev–Trinajstić information content (AvgIpc) is 2.49. The molecule has 1 aliphatic carbocycles. The number of pyridine rings is 1. The minimum Gasteiger partial charge on any atom is -0.261 e. The fourth-order valence-corrected chi connectivity index (χ4v) is 3.50. The first-order valence-corrected chi connectivity index (χ1v) is 8.72. The maximum absolute atomic E-state index is 4.62. The van der Waals surface area contributed by atoms with Crippen LogP contribution in [0.2, 0.25) is 0 Å². The molecule has 0 atom stereocenters. The molecule has 0 unspecified atom stereocenters. The third-order valence-corrected chi connectivity index (χ3v) is 4.92. The Morgan fingerprint density at radius 3 is 2.40 bits per heavy atom. The van der Waals surface area contributed by atoms with Gasteiger partial charge in [0.2, 0.25) is 0 Å². The number of unbranched alkanes of at least 4 members (excludes halogenated alkanes) is 4. The Morgan fingerprint density at radius 1 is 1.00 bits per heavy atom. The van der Waals surface area contributed by atoms with Crippen molar-refractivity contribution >= 4 is 0 Å². The van der Waals surface area contributed by atoms with E-state index >= 15 is 0 Å². The van der Waals surface area contributed by atoms with E-state index < -0.39 is 0 Å². The summed E-state index contributed by atoms with van der Waals surface area (Å²) in [7, 11) is 0. The predicted octanol–water partition coefficient (Wildman–Crippen LogP) is 6.02. The van der Waals surface area contributed by atoms with Crippen LogP contribution in [0, 0.1) is 12.8 Å². The standard InChI is InChI=1S/C19H31N/c1-3-4-5-6-7-8-17-10-12-18(13-11-17)19-14-9-16(2)15-20-19/h9,14-15,17-18H,3-8,10-13H2,1-2H3/t17-,18-. The van der Waals surface area contributed by atoms with Gasteiger partial charge in [0.15, 0.2) is 0 Å². The van der Waals surface area contributed by atoms with E-state index in [1.807, 2.05) is 6.20 Å². The van der Waals surface area contributed by atoms with E-state index in [0.717, 1.165) is 11.8 Å². The Kier molecular flexibility index (Phi) is 6.56. The van der Waals surface area contributed by atoms with Crippen LogP contribution in [0.25, 0.3) is 0 Å².